The maximum atomic E-state index is 12.4. The van der Waals surface area contributed by atoms with Gasteiger partial charge in [-0.3, -0.25) is 9.69 Å². The van der Waals surface area contributed by atoms with Crippen LogP contribution in [0.2, 0.25) is 5.02 Å². The molecular formula is C22H29ClN6OS. The third-order valence-electron chi connectivity index (χ3n) is 5.94. The largest absolute Gasteiger partial charge is 0.368 e. The number of hydrogen-bond acceptors (Lipinski definition) is 6. The van der Waals surface area contributed by atoms with Crippen LogP contribution < -0.4 is 10.2 Å². The van der Waals surface area contributed by atoms with Crippen LogP contribution in [-0.4, -0.2) is 64.0 Å². The third-order valence-corrected chi connectivity index (χ3v) is 6.98. The van der Waals surface area contributed by atoms with E-state index in [1.807, 2.05) is 12.4 Å². The van der Waals surface area contributed by atoms with Gasteiger partial charge in [0.25, 0.3) is 5.91 Å². The molecule has 0 radical (unpaired) electrons. The highest BCUT2D eigenvalue weighted by Gasteiger charge is 2.20. The maximum absolute atomic E-state index is 12.4. The van der Waals surface area contributed by atoms with Crippen molar-refractivity contribution in [3.63, 3.8) is 0 Å². The molecule has 0 bridgehead atoms. The van der Waals surface area contributed by atoms with Crippen LogP contribution >= 0.6 is 23.1 Å². The summed E-state index contributed by atoms with van der Waals surface area (Å²) in [6.45, 7) is 7.91. The predicted octanol–water partition coefficient (Wildman–Crippen LogP) is 3.58. The molecule has 0 spiro atoms. The molecule has 1 aliphatic rings. The van der Waals surface area contributed by atoms with Crippen LogP contribution in [0.4, 0.5) is 5.69 Å². The molecule has 7 nitrogen and oxygen atoms in total. The molecule has 1 fully saturated rings. The minimum absolute atomic E-state index is 0.134. The number of aryl methyl sites for hydroxylation is 2. The first-order valence-corrected chi connectivity index (χ1v) is 12.1. The van der Waals surface area contributed by atoms with Crippen molar-refractivity contribution < 1.29 is 4.79 Å². The Morgan fingerprint density at radius 3 is 2.77 bits per heavy atom. The van der Waals surface area contributed by atoms with E-state index in [0.717, 1.165) is 73.9 Å². The van der Waals surface area contributed by atoms with Crippen LogP contribution in [0.25, 0.3) is 11.2 Å². The lowest BCUT2D eigenvalue weighted by atomic mass is 10.1. The molecule has 2 aromatic heterocycles. The first-order chi connectivity index (χ1) is 15.1. The summed E-state index contributed by atoms with van der Waals surface area (Å²) in [7, 11) is 1.83. The molecule has 3 heterocycles. The number of hydrogen-bond donors (Lipinski definition) is 1. The van der Waals surface area contributed by atoms with E-state index < -0.39 is 0 Å². The number of rotatable bonds is 8. The van der Waals surface area contributed by atoms with E-state index in [1.54, 1.807) is 4.57 Å². The Bertz CT molecular complexity index is 1040. The normalized spacial score (nSPS) is 15.0. The number of carbonyl (C=O) groups excluding carboxylic acids is 1. The second-order valence-corrected chi connectivity index (χ2v) is 8.92. The lowest BCUT2D eigenvalue weighted by molar-refractivity contribution is 0.0939. The highest BCUT2D eigenvalue weighted by molar-refractivity contribution is 7.04. The Hall–Kier alpha value is -2.16. The van der Waals surface area contributed by atoms with E-state index in [9.17, 15) is 4.79 Å². The smallest absolute Gasteiger partial charge is 0.287 e. The van der Waals surface area contributed by atoms with E-state index in [1.165, 1.54) is 17.1 Å². The van der Waals surface area contributed by atoms with E-state index in [4.69, 9.17) is 11.6 Å². The number of piperazine rings is 1. The highest BCUT2D eigenvalue weighted by atomic mass is 35.5. The van der Waals surface area contributed by atoms with Gasteiger partial charge in [0.15, 0.2) is 5.65 Å². The average Bonchev–Trinajstić information content (AvgIpc) is 3.37. The van der Waals surface area contributed by atoms with Crippen molar-refractivity contribution in [1.82, 2.24) is 24.1 Å². The number of fused-ring (bicyclic) bond motifs is 1. The molecule has 1 aromatic carbocycles. The third kappa shape index (κ3) is 4.86. The highest BCUT2D eigenvalue weighted by Crippen LogP contribution is 2.30. The Morgan fingerprint density at radius 2 is 2.03 bits per heavy atom. The second kappa shape index (κ2) is 9.97. The Morgan fingerprint density at radius 1 is 1.23 bits per heavy atom. The van der Waals surface area contributed by atoms with Gasteiger partial charge in [-0.05, 0) is 49.0 Å². The molecule has 31 heavy (non-hydrogen) atoms. The molecule has 0 saturated carbocycles. The molecule has 4 rings (SSSR count). The van der Waals surface area contributed by atoms with Gasteiger partial charge in [0, 0.05) is 45.2 Å². The van der Waals surface area contributed by atoms with Gasteiger partial charge in [-0.15, -0.1) is 0 Å². The van der Waals surface area contributed by atoms with Crippen molar-refractivity contribution in [3.05, 3.63) is 40.0 Å². The Kier molecular flexibility index (Phi) is 7.09. The number of benzene rings is 1. The molecule has 166 valence electrons. The van der Waals surface area contributed by atoms with Crippen LogP contribution in [0.3, 0.4) is 0 Å². The fraction of sp³-hybridized carbons (Fsp3) is 0.500. The minimum atomic E-state index is -0.134. The van der Waals surface area contributed by atoms with Crippen molar-refractivity contribution in [1.29, 1.82) is 0 Å². The number of amides is 1. The summed E-state index contributed by atoms with van der Waals surface area (Å²) in [5.74, 6) is 0.289. The van der Waals surface area contributed by atoms with Crippen LogP contribution in [0.1, 0.15) is 35.9 Å². The van der Waals surface area contributed by atoms with Gasteiger partial charge < -0.3 is 14.8 Å². The summed E-state index contributed by atoms with van der Waals surface area (Å²) in [5.41, 5.74) is 3.91. The second-order valence-electron chi connectivity index (χ2n) is 7.91. The number of nitrogens with one attached hydrogen (secondary N) is 1. The van der Waals surface area contributed by atoms with E-state index in [0.29, 0.717) is 12.4 Å². The monoisotopic (exact) mass is 460 g/mol. The number of halogens is 1. The van der Waals surface area contributed by atoms with Gasteiger partial charge in [-0.1, -0.05) is 30.7 Å². The zero-order chi connectivity index (χ0) is 21.8. The lowest BCUT2D eigenvalue weighted by Crippen LogP contribution is -2.46. The quantitative estimate of drug-likeness (QED) is 0.520. The lowest BCUT2D eigenvalue weighted by Gasteiger charge is -2.36. The number of imidazole rings is 1. The molecule has 9 heteroatoms. The van der Waals surface area contributed by atoms with Crippen LogP contribution in [0, 0.1) is 0 Å². The van der Waals surface area contributed by atoms with Gasteiger partial charge >= 0.3 is 0 Å². The van der Waals surface area contributed by atoms with Crippen molar-refractivity contribution in [2.45, 2.75) is 26.2 Å². The molecular weight excluding hydrogens is 432 g/mol. The summed E-state index contributed by atoms with van der Waals surface area (Å²) >= 11 is 7.95. The number of aromatic nitrogens is 3. The first-order valence-electron chi connectivity index (χ1n) is 10.9. The predicted molar refractivity (Wildman–Crippen MR) is 127 cm³/mol. The van der Waals surface area contributed by atoms with E-state index in [-0.39, 0.29) is 5.91 Å². The summed E-state index contributed by atoms with van der Waals surface area (Å²) < 4.78 is 6.02. The first kappa shape index (κ1) is 22.0. The molecule has 3 aromatic rings. The van der Waals surface area contributed by atoms with Crippen molar-refractivity contribution >= 4 is 45.9 Å². The van der Waals surface area contributed by atoms with Crippen molar-refractivity contribution in [2.24, 2.45) is 7.05 Å². The fourth-order valence-electron chi connectivity index (χ4n) is 4.06. The summed E-state index contributed by atoms with van der Waals surface area (Å²) in [5, 5.41) is 5.75. The fourth-order valence-corrected chi connectivity index (χ4v) is 5.07. The maximum Gasteiger partial charge on any atom is 0.287 e. The van der Waals surface area contributed by atoms with Crippen LogP contribution in [0.5, 0.6) is 0 Å². The molecule has 1 aliphatic heterocycles. The molecule has 0 unspecified atom stereocenters. The van der Waals surface area contributed by atoms with Crippen molar-refractivity contribution in [2.75, 3.05) is 44.2 Å². The number of carbonyl (C=O) groups is 1. The Balaban J connectivity index is 1.17. The van der Waals surface area contributed by atoms with E-state index in [2.05, 4.69) is 49.6 Å². The van der Waals surface area contributed by atoms with Gasteiger partial charge in [0.05, 0.1) is 10.7 Å². The molecule has 1 saturated heterocycles. The molecule has 0 aliphatic carbocycles. The number of anilines is 1. The van der Waals surface area contributed by atoms with Crippen molar-refractivity contribution in [3.8, 4) is 0 Å². The zero-order valence-electron chi connectivity index (χ0n) is 18.1. The molecule has 0 atom stereocenters. The topological polar surface area (TPSA) is 66.3 Å². The Labute approximate surface area is 192 Å². The van der Waals surface area contributed by atoms with Gasteiger partial charge in [0.2, 0.25) is 5.82 Å². The summed E-state index contributed by atoms with van der Waals surface area (Å²) in [6.07, 6.45) is 2.97. The zero-order valence-corrected chi connectivity index (χ0v) is 19.7. The number of unbranched alkanes of at least 4 members (excludes halogenated alkanes) is 1. The van der Waals surface area contributed by atoms with E-state index >= 15 is 0 Å². The molecule has 1 amide bonds. The van der Waals surface area contributed by atoms with Gasteiger partial charge in [0.1, 0.15) is 5.52 Å². The van der Waals surface area contributed by atoms with Crippen LogP contribution in [0.15, 0.2) is 23.6 Å². The average molecular weight is 461 g/mol. The standard InChI is InChI=1S/C22H29ClN6OS/c1-3-16-7-6-8-18(19(16)23)29-13-11-28(12-14-29)10-5-4-9-24-22(30)21-25-17-15-31-26-20(17)27(21)2/h6-8,15H,3-5,9-14H2,1-2H3,(H,24,30). The number of nitrogens with zero attached hydrogens (tertiary/aromatic N) is 5. The SMILES string of the molecule is CCc1cccc(N2CCN(CCCCNC(=O)c3nc4csnc4n3C)CC2)c1Cl. The summed E-state index contributed by atoms with van der Waals surface area (Å²) in [4.78, 5) is 21.7. The summed E-state index contributed by atoms with van der Waals surface area (Å²) in [6, 6.07) is 6.33. The van der Waals surface area contributed by atoms with Gasteiger partial charge in [-0.25, -0.2) is 4.98 Å². The molecule has 1 N–H and O–H groups in total. The van der Waals surface area contributed by atoms with Gasteiger partial charge in [-0.2, -0.15) is 4.37 Å². The van der Waals surface area contributed by atoms with Crippen LogP contribution in [-0.2, 0) is 13.5 Å². The minimum Gasteiger partial charge on any atom is -0.368 e.